The maximum atomic E-state index is 11.9. The first-order valence-electron chi connectivity index (χ1n) is 5.88. The third-order valence-electron chi connectivity index (χ3n) is 3.07. The van der Waals surface area contributed by atoms with Crippen molar-refractivity contribution in [1.82, 2.24) is 5.32 Å². The fourth-order valence-electron chi connectivity index (χ4n) is 1.41. The smallest absolute Gasteiger partial charge is 0.240 e. The molecule has 0 saturated heterocycles. The highest BCUT2D eigenvalue weighted by molar-refractivity contribution is 5.84. The van der Waals surface area contributed by atoms with Gasteiger partial charge in [-0.25, -0.2) is 0 Å². The van der Waals surface area contributed by atoms with Gasteiger partial charge in [0.1, 0.15) is 11.2 Å². The lowest BCUT2D eigenvalue weighted by Crippen LogP contribution is -2.37. The number of benzene rings is 1. The van der Waals surface area contributed by atoms with E-state index >= 15 is 0 Å². The molecule has 1 N–H and O–H groups in total. The molecule has 0 fully saturated rings. The summed E-state index contributed by atoms with van der Waals surface area (Å²) < 4.78 is 5.05. The summed E-state index contributed by atoms with van der Waals surface area (Å²) in [5, 5.41) is 11.8. The summed E-state index contributed by atoms with van der Waals surface area (Å²) in [7, 11) is 1.61. The lowest BCUT2D eigenvalue weighted by Gasteiger charge is -2.18. The van der Waals surface area contributed by atoms with Gasteiger partial charge in [-0.3, -0.25) is 4.79 Å². The first-order valence-corrected chi connectivity index (χ1v) is 5.88. The number of rotatable bonds is 5. The van der Waals surface area contributed by atoms with Crippen molar-refractivity contribution in [2.24, 2.45) is 5.41 Å². The van der Waals surface area contributed by atoms with E-state index in [9.17, 15) is 4.79 Å². The first kappa shape index (κ1) is 14.0. The molecule has 4 heteroatoms. The zero-order valence-corrected chi connectivity index (χ0v) is 11.0. The van der Waals surface area contributed by atoms with Gasteiger partial charge in [0.2, 0.25) is 5.91 Å². The van der Waals surface area contributed by atoms with Crippen LogP contribution >= 0.6 is 0 Å². The first-order chi connectivity index (χ1) is 8.55. The SMILES string of the molecule is CCC(C)(C#N)C(=O)NCc1ccc(OC)cc1. The van der Waals surface area contributed by atoms with E-state index in [2.05, 4.69) is 11.4 Å². The van der Waals surface area contributed by atoms with Crippen LogP contribution in [-0.4, -0.2) is 13.0 Å². The molecule has 0 aliphatic heterocycles. The maximum absolute atomic E-state index is 11.9. The van der Waals surface area contributed by atoms with E-state index in [-0.39, 0.29) is 5.91 Å². The van der Waals surface area contributed by atoms with Crippen molar-refractivity contribution in [3.05, 3.63) is 29.8 Å². The third kappa shape index (κ3) is 3.24. The van der Waals surface area contributed by atoms with E-state index < -0.39 is 5.41 Å². The summed E-state index contributed by atoms with van der Waals surface area (Å²) in [6.45, 7) is 3.90. The van der Waals surface area contributed by atoms with Crippen molar-refractivity contribution in [3.63, 3.8) is 0 Å². The van der Waals surface area contributed by atoms with E-state index in [0.717, 1.165) is 11.3 Å². The second-order valence-corrected chi connectivity index (χ2v) is 4.33. The van der Waals surface area contributed by atoms with Gasteiger partial charge in [-0.1, -0.05) is 19.1 Å². The average Bonchev–Trinajstić information content (AvgIpc) is 2.44. The second-order valence-electron chi connectivity index (χ2n) is 4.33. The minimum Gasteiger partial charge on any atom is -0.497 e. The molecule has 1 unspecified atom stereocenters. The number of ether oxygens (including phenoxy) is 1. The molecule has 96 valence electrons. The van der Waals surface area contributed by atoms with Crippen LogP contribution in [-0.2, 0) is 11.3 Å². The predicted octanol–water partition coefficient (Wildman–Crippen LogP) is 2.25. The highest BCUT2D eigenvalue weighted by atomic mass is 16.5. The molecule has 18 heavy (non-hydrogen) atoms. The van der Waals surface area contributed by atoms with Gasteiger partial charge >= 0.3 is 0 Å². The molecule has 0 aliphatic rings. The Hall–Kier alpha value is -2.02. The zero-order valence-electron chi connectivity index (χ0n) is 11.0. The highest BCUT2D eigenvalue weighted by Gasteiger charge is 2.30. The summed E-state index contributed by atoms with van der Waals surface area (Å²) in [5.41, 5.74) is 0.0208. The van der Waals surface area contributed by atoms with Gasteiger partial charge < -0.3 is 10.1 Å². The van der Waals surface area contributed by atoms with Gasteiger partial charge in [-0.2, -0.15) is 5.26 Å². The van der Waals surface area contributed by atoms with Crippen molar-refractivity contribution in [1.29, 1.82) is 5.26 Å². The van der Waals surface area contributed by atoms with Gasteiger partial charge in [-0.15, -0.1) is 0 Å². The Bertz CT molecular complexity index is 448. The molecule has 0 heterocycles. The fraction of sp³-hybridized carbons (Fsp3) is 0.429. The number of hydrogen-bond donors (Lipinski definition) is 1. The standard InChI is InChI=1S/C14H18N2O2/c1-4-14(2,10-15)13(17)16-9-11-5-7-12(18-3)8-6-11/h5-8H,4,9H2,1-3H3,(H,16,17). The summed E-state index contributed by atoms with van der Waals surface area (Å²) in [5.74, 6) is 0.545. The van der Waals surface area contributed by atoms with Crippen LogP contribution in [0, 0.1) is 16.7 Å². The van der Waals surface area contributed by atoms with Gasteiger partial charge in [0, 0.05) is 6.54 Å². The summed E-state index contributed by atoms with van der Waals surface area (Å²) in [6.07, 6.45) is 0.498. The number of carbonyl (C=O) groups excluding carboxylic acids is 1. The van der Waals surface area contributed by atoms with Crippen LogP contribution in [0.5, 0.6) is 5.75 Å². The van der Waals surface area contributed by atoms with Gasteiger partial charge in [-0.05, 0) is 31.0 Å². The highest BCUT2D eigenvalue weighted by Crippen LogP contribution is 2.20. The van der Waals surface area contributed by atoms with Crippen molar-refractivity contribution >= 4 is 5.91 Å². The van der Waals surface area contributed by atoms with Crippen molar-refractivity contribution in [3.8, 4) is 11.8 Å². The number of nitrogens with zero attached hydrogens (tertiary/aromatic N) is 1. The number of carbonyl (C=O) groups is 1. The Morgan fingerprint density at radius 1 is 1.44 bits per heavy atom. The van der Waals surface area contributed by atoms with E-state index in [1.165, 1.54) is 0 Å². The minimum atomic E-state index is -0.952. The van der Waals surface area contributed by atoms with E-state index in [0.29, 0.717) is 13.0 Å². The largest absolute Gasteiger partial charge is 0.497 e. The van der Waals surface area contributed by atoms with Crippen LogP contribution in [0.25, 0.3) is 0 Å². The average molecular weight is 246 g/mol. The van der Waals surface area contributed by atoms with Crippen molar-refractivity contribution in [2.75, 3.05) is 7.11 Å². The Balaban J connectivity index is 2.60. The number of hydrogen-bond acceptors (Lipinski definition) is 3. The molecule has 1 aromatic rings. The molecule has 0 aliphatic carbocycles. The molecule has 1 rings (SSSR count). The number of nitrogens with one attached hydrogen (secondary N) is 1. The molecule has 0 radical (unpaired) electrons. The number of nitriles is 1. The Morgan fingerprint density at radius 2 is 2.06 bits per heavy atom. The van der Waals surface area contributed by atoms with Crippen LogP contribution in [0.15, 0.2) is 24.3 Å². The maximum Gasteiger partial charge on any atom is 0.240 e. The van der Waals surface area contributed by atoms with E-state index in [1.807, 2.05) is 31.2 Å². The second kappa shape index (κ2) is 6.06. The van der Waals surface area contributed by atoms with Crippen molar-refractivity contribution < 1.29 is 9.53 Å². The van der Waals surface area contributed by atoms with Crippen LogP contribution in [0.4, 0.5) is 0 Å². The van der Waals surface area contributed by atoms with Crippen LogP contribution < -0.4 is 10.1 Å². The Labute approximate surface area is 108 Å². The summed E-state index contributed by atoms with van der Waals surface area (Å²) in [6, 6.07) is 9.49. The Kier molecular flexibility index (Phi) is 4.73. The quantitative estimate of drug-likeness (QED) is 0.866. The summed E-state index contributed by atoms with van der Waals surface area (Å²) in [4.78, 5) is 11.9. The predicted molar refractivity (Wildman–Crippen MR) is 68.9 cm³/mol. The van der Waals surface area contributed by atoms with E-state index in [1.54, 1.807) is 14.0 Å². The molecule has 1 aromatic carbocycles. The minimum absolute atomic E-state index is 0.233. The third-order valence-corrected chi connectivity index (χ3v) is 3.07. The monoisotopic (exact) mass is 246 g/mol. The molecule has 4 nitrogen and oxygen atoms in total. The fourth-order valence-corrected chi connectivity index (χ4v) is 1.41. The van der Waals surface area contributed by atoms with Crippen LogP contribution in [0.2, 0.25) is 0 Å². The Morgan fingerprint density at radius 3 is 2.50 bits per heavy atom. The molecule has 0 aromatic heterocycles. The van der Waals surface area contributed by atoms with E-state index in [4.69, 9.17) is 10.00 Å². The summed E-state index contributed by atoms with van der Waals surface area (Å²) >= 11 is 0. The lowest BCUT2D eigenvalue weighted by atomic mass is 9.88. The molecular formula is C14H18N2O2. The molecule has 0 bridgehead atoms. The molecule has 1 amide bonds. The normalized spacial score (nSPS) is 13.2. The van der Waals surface area contributed by atoms with Gasteiger partial charge in [0.25, 0.3) is 0 Å². The van der Waals surface area contributed by atoms with Gasteiger partial charge in [0.05, 0.1) is 13.2 Å². The van der Waals surface area contributed by atoms with Crippen LogP contribution in [0.1, 0.15) is 25.8 Å². The van der Waals surface area contributed by atoms with Gasteiger partial charge in [0.15, 0.2) is 0 Å². The molecular weight excluding hydrogens is 228 g/mol. The number of methoxy groups -OCH3 is 1. The van der Waals surface area contributed by atoms with Crippen molar-refractivity contribution in [2.45, 2.75) is 26.8 Å². The topological polar surface area (TPSA) is 62.1 Å². The number of amides is 1. The lowest BCUT2D eigenvalue weighted by molar-refractivity contribution is -0.127. The molecule has 1 atom stereocenters. The van der Waals surface area contributed by atoms with Crippen LogP contribution in [0.3, 0.4) is 0 Å². The molecule has 0 spiro atoms. The zero-order chi connectivity index (χ0) is 13.6. The molecule has 0 saturated carbocycles.